The van der Waals surface area contributed by atoms with Crippen LogP contribution in [-0.4, -0.2) is 35.6 Å². The highest BCUT2D eigenvalue weighted by atomic mass is 16.5. The Labute approximate surface area is 129 Å². The summed E-state index contributed by atoms with van der Waals surface area (Å²) in [6.45, 7) is 7.71. The molecular weight excluding hydrogens is 280 g/mol. The van der Waals surface area contributed by atoms with Gasteiger partial charge in [0.2, 0.25) is 0 Å². The van der Waals surface area contributed by atoms with E-state index in [4.69, 9.17) is 9.47 Å². The zero-order valence-electron chi connectivity index (χ0n) is 13.1. The van der Waals surface area contributed by atoms with E-state index >= 15 is 0 Å². The van der Waals surface area contributed by atoms with Crippen molar-refractivity contribution >= 4 is 5.97 Å². The first-order valence-corrected chi connectivity index (χ1v) is 7.35. The molecule has 0 spiro atoms. The van der Waals surface area contributed by atoms with Crippen LogP contribution in [0.1, 0.15) is 28.7 Å². The van der Waals surface area contributed by atoms with Gasteiger partial charge in [-0.25, -0.2) is 9.48 Å². The summed E-state index contributed by atoms with van der Waals surface area (Å²) >= 11 is 0. The third kappa shape index (κ3) is 2.90. The summed E-state index contributed by atoms with van der Waals surface area (Å²) in [6, 6.07) is 9.32. The first-order valence-electron chi connectivity index (χ1n) is 7.35. The number of hydrogen-bond donors (Lipinski definition) is 0. The molecule has 2 aromatic rings. The Morgan fingerprint density at radius 3 is 2.50 bits per heavy atom. The molecule has 0 unspecified atom stereocenters. The van der Waals surface area contributed by atoms with Crippen molar-refractivity contribution in [3.63, 3.8) is 0 Å². The van der Waals surface area contributed by atoms with Gasteiger partial charge in [0, 0.05) is 11.1 Å². The second kappa shape index (κ2) is 5.57. The van der Waals surface area contributed by atoms with Crippen molar-refractivity contribution in [2.24, 2.45) is 5.41 Å². The van der Waals surface area contributed by atoms with Gasteiger partial charge in [-0.05, 0) is 44.2 Å². The fourth-order valence-corrected chi connectivity index (χ4v) is 2.49. The molecule has 1 saturated heterocycles. The molecule has 0 N–H and O–H groups in total. The molecule has 1 aliphatic heterocycles. The Hall–Kier alpha value is -2.14. The molecule has 5 nitrogen and oxygen atoms in total. The first kappa shape index (κ1) is 14.8. The molecule has 0 atom stereocenters. The quantitative estimate of drug-likeness (QED) is 0.815. The van der Waals surface area contributed by atoms with Crippen LogP contribution in [-0.2, 0) is 9.47 Å². The summed E-state index contributed by atoms with van der Waals surface area (Å²) < 4.78 is 12.4. The van der Waals surface area contributed by atoms with Crippen LogP contribution < -0.4 is 0 Å². The average Bonchev–Trinajstić information content (AvgIpc) is 2.81. The van der Waals surface area contributed by atoms with Gasteiger partial charge in [0.1, 0.15) is 6.61 Å². The maximum absolute atomic E-state index is 12.1. The molecule has 0 bridgehead atoms. The largest absolute Gasteiger partial charge is 0.461 e. The van der Waals surface area contributed by atoms with Crippen molar-refractivity contribution in [2.45, 2.75) is 20.8 Å². The van der Waals surface area contributed by atoms with Crippen molar-refractivity contribution in [1.29, 1.82) is 0 Å². The number of ether oxygens (including phenoxy) is 2. The van der Waals surface area contributed by atoms with Gasteiger partial charge in [-0.2, -0.15) is 5.10 Å². The van der Waals surface area contributed by atoms with Gasteiger partial charge in [0.05, 0.1) is 30.2 Å². The van der Waals surface area contributed by atoms with Gasteiger partial charge >= 0.3 is 5.97 Å². The molecule has 1 fully saturated rings. The minimum atomic E-state index is -0.298. The molecule has 1 aromatic carbocycles. The predicted molar refractivity (Wildman–Crippen MR) is 82.2 cm³/mol. The lowest BCUT2D eigenvalue weighted by molar-refractivity contribution is -0.127. The fraction of sp³-hybridized carbons (Fsp3) is 0.412. The lowest BCUT2D eigenvalue weighted by Gasteiger charge is -2.37. The summed E-state index contributed by atoms with van der Waals surface area (Å²) in [6.07, 6.45) is 0. The second-order valence-electron chi connectivity index (χ2n) is 6.27. The van der Waals surface area contributed by atoms with Crippen molar-refractivity contribution in [3.8, 4) is 5.69 Å². The fourth-order valence-electron chi connectivity index (χ4n) is 2.49. The van der Waals surface area contributed by atoms with E-state index < -0.39 is 0 Å². The molecule has 0 amide bonds. The smallest absolute Gasteiger partial charge is 0.338 e. The Morgan fingerprint density at radius 1 is 1.32 bits per heavy atom. The SMILES string of the molecule is Cc1cc(C)n(-c2ccc(C(=O)OCC3(C)COC3)cc2)n1. The molecule has 1 aliphatic rings. The predicted octanol–water partition coefficient (Wildman–Crippen LogP) is 2.68. The van der Waals surface area contributed by atoms with E-state index in [0.29, 0.717) is 25.4 Å². The number of esters is 1. The van der Waals surface area contributed by atoms with Gasteiger partial charge in [-0.1, -0.05) is 6.92 Å². The monoisotopic (exact) mass is 300 g/mol. The lowest BCUT2D eigenvalue weighted by atomic mass is 9.90. The molecule has 22 heavy (non-hydrogen) atoms. The van der Waals surface area contributed by atoms with Crippen molar-refractivity contribution in [2.75, 3.05) is 19.8 Å². The van der Waals surface area contributed by atoms with Crippen LogP contribution in [0.4, 0.5) is 0 Å². The molecule has 1 aromatic heterocycles. The average molecular weight is 300 g/mol. The highest BCUT2D eigenvalue weighted by Gasteiger charge is 2.34. The van der Waals surface area contributed by atoms with Crippen molar-refractivity contribution < 1.29 is 14.3 Å². The molecule has 116 valence electrons. The van der Waals surface area contributed by atoms with E-state index in [-0.39, 0.29) is 11.4 Å². The summed E-state index contributed by atoms with van der Waals surface area (Å²) in [5, 5.41) is 4.43. The van der Waals surface area contributed by atoms with Gasteiger partial charge in [0.25, 0.3) is 0 Å². The Morgan fingerprint density at radius 2 is 2.00 bits per heavy atom. The van der Waals surface area contributed by atoms with Gasteiger partial charge < -0.3 is 9.47 Å². The highest BCUT2D eigenvalue weighted by Crippen LogP contribution is 2.27. The first-order chi connectivity index (χ1) is 10.5. The summed E-state index contributed by atoms with van der Waals surface area (Å²) in [5.74, 6) is -0.298. The molecule has 0 saturated carbocycles. The number of aryl methyl sites for hydroxylation is 2. The Bertz CT molecular complexity index is 684. The molecule has 2 heterocycles. The maximum atomic E-state index is 12.1. The molecule has 0 aliphatic carbocycles. The number of carbonyl (C=O) groups is 1. The van der Waals surface area contributed by atoms with E-state index in [2.05, 4.69) is 12.0 Å². The summed E-state index contributed by atoms with van der Waals surface area (Å²) in [7, 11) is 0. The summed E-state index contributed by atoms with van der Waals surface area (Å²) in [5.41, 5.74) is 3.48. The minimum Gasteiger partial charge on any atom is -0.461 e. The van der Waals surface area contributed by atoms with E-state index in [1.54, 1.807) is 12.1 Å². The number of carbonyl (C=O) groups excluding carboxylic acids is 1. The molecule has 0 radical (unpaired) electrons. The van der Waals surface area contributed by atoms with Crippen LogP contribution >= 0.6 is 0 Å². The number of nitrogens with zero attached hydrogens (tertiary/aromatic N) is 2. The van der Waals surface area contributed by atoms with Gasteiger partial charge in [-0.3, -0.25) is 0 Å². The van der Waals surface area contributed by atoms with E-state index in [1.807, 2.05) is 36.7 Å². The Balaban J connectivity index is 1.68. The molecule has 3 rings (SSSR count). The number of aromatic nitrogens is 2. The maximum Gasteiger partial charge on any atom is 0.338 e. The lowest BCUT2D eigenvalue weighted by Crippen LogP contribution is -2.44. The van der Waals surface area contributed by atoms with Gasteiger partial charge in [-0.15, -0.1) is 0 Å². The van der Waals surface area contributed by atoms with Crippen LogP contribution in [0.2, 0.25) is 0 Å². The van der Waals surface area contributed by atoms with Gasteiger partial charge in [0.15, 0.2) is 0 Å². The number of benzene rings is 1. The molecular formula is C17H20N2O3. The zero-order valence-corrected chi connectivity index (χ0v) is 13.1. The minimum absolute atomic E-state index is 0.0285. The third-order valence-corrected chi connectivity index (χ3v) is 3.81. The van der Waals surface area contributed by atoms with E-state index in [9.17, 15) is 4.79 Å². The number of rotatable bonds is 4. The number of hydrogen-bond acceptors (Lipinski definition) is 4. The molecule has 5 heteroatoms. The van der Waals surface area contributed by atoms with Crippen LogP contribution in [0.25, 0.3) is 5.69 Å². The van der Waals surface area contributed by atoms with Crippen LogP contribution in [0.5, 0.6) is 0 Å². The van der Waals surface area contributed by atoms with Crippen molar-refractivity contribution in [1.82, 2.24) is 9.78 Å². The standard InChI is InChI=1S/C17H20N2O3/c1-12-8-13(2)19(18-12)15-6-4-14(5-7-15)16(20)22-11-17(3)9-21-10-17/h4-8H,9-11H2,1-3H3. The van der Waals surface area contributed by atoms with Crippen LogP contribution in [0, 0.1) is 19.3 Å². The van der Waals surface area contributed by atoms with Crippen LogP contribution in [0.3, 0.4) is 0 Å². The Kier molecular flexibility index (Phi) is 3.74. The van der Waals surface area contributed by atoms with Crippen molar-refractivity contribution in [3.05, 3.63) is 47.3 Å². The topological polar surface area (TPSA) is 53.4 Å². The third-order valence-electron chi connectivity index (χ3n) is 3.81. The normalized spacial score (nSPS) is 16.1. The zero-order chi connectivity index (χ0) is 15.7. The highest BCUT2D eigenvalue weighted by molar-refractivity contribution is 5.89. The van der Waals surface area contributed by atoms with E-state index in [1.165, 1.54) is 0 Å². The summed E-state index contributed by atoms with van der Waals surface area (Å²) in [4.78, 5) is 12.1. The van der Waals surface area contributed by atoms with Crippen LogP contribution in [0.15, 0.2) is 30.3 Å². The van der Waals surface area contributed by atoms with E-state index in [0.717, 1.165) is 17.1 Å². The second-order valence-corrected chi connectivity index (χ2v) is 6.27.